The smallest absolute Gasteiger partial charge is 0.217 e. The first kappa shape index (κ1) is 119. The molecule has 0 bridgehead atoms. The van der Waals surface area contributed by atoms with E-state index in [9.17, 15) is 193 Å². The first-order chi connectivity index (χ1) is 68.7. The number of hydrogen-bond donors (Lipinski definition) is 38. The summed E-state index contributed by atoms with van der Waals surface area (Å²) in [6.45, 7) is -10.6. The van der Waals surface area contributed by atoms with Crippen LogP contribution in [0.25, 0.3) is 0 Å². The summed E-state index contributed by atoms with van der Waals surface area (Å²) in [4.78, 5) is 52.9. The zero-order valence-electron chi connectivity index (χ0n) is 77.4. The van der Waals surface area contributed by atoms with Gasteiger partial charge in [0.1, 0.15) is 293 Å². The van der Waals surface area contributed by atoms with E-state index in [-0.39, 0.29) is 0 Å². The van der Waals surface area contributed by atoms with Gasteiger partial charge in [-0.3, -0.25) is 19.2 Å². The largest absolute Gasteiger partial charge is 0.394 e. The highest BCUT2D eigenvalue weighted by Crippen LogP contribution is 2.43. The molecule has 65 heteroatoms. The molecule has 12 saturated heterocycles. The van der Waals surface area contributed by atoms with Crippen LogP contribution in [-0.2, 0) is 128 Å². The molecule has 38 N–H and O–H groups in total. The Bertz CT molecular complexity index is 3990. The number of nitrogens with one attached hydrogen (secondary N) is 4. The molecule has 60 atom stereocenters. The molecule has 840 valence electrons. The van der Waals surface area contributed by atoms with E-state index in [1.165, 1.54) is 0 Å². The van der Waals surface area contributed by atoms with Crippen molar-refractivity contribution in [3.05, 3.63) is 0 Å². The van der Waals surface area contributed by atoms with Crippen LogP contribution in [0.3, 0.4) is 0 Å². The first-order valence-corrected chi connectivity index (χ1v) is 46.2. The third-order valence-electron chi connectivity index (χ3n) is 26.7. The monoisotopic (exact) mass is 2130 g/mol. The second-order valence-electron chi connectivity index (χ2n) is 36.6. The van der Waals surface area contributed by atoms with Crippen molar-refractivity contribution in [1.29, 1.82) is 0 Å². The fourth-order valence-electron chi connectivity index (χ4n) is 18.8. The van der Waals surface area contributed by atoms with Crippen LogP contribution in [0.4, 0.5) is 0 Å². The molecule has 0 aromatic rings. The maximum Gasteiger partial charge on any atom is 0.217 e. The van der Waals surface area contributed by atoms with E-state index in [0.717, 1.165) is 27.7 Å². The molecular formula is C80H134N4O61. The second-order valence-corrected chi connectivity index (χ2v) is 36.6. The first-order valence-electron chi connectivity index (χ1n) is 46.2. The minimum atomic E-state index is -2.75. The van der Waals surface area contributed by atoms with Gasteiger partial charge in [-0.2, -0.15) is 0 Å². The van der Waals surface area contributed by atoms with Crippen molar-refractivity contribution in [2.75, 3.05) is 79.3 Å². The summed E-state index contributed by atoms with van der Waals surface area (Å²) in [5.41, 5.74) is 0. The number of carbonyl (C=O) groups excluding carboxylic acids is 4. The lowest BCUT2D eigenvalue weighted by Crippen LogP contribution is -2.71. The van der Waals surface area contributed by atoms with Crippen molar-refractivity contribution < 1.29 is 302 Å². The number of aliphatic hydroxyl groups excluding tert-OH is 34. The van der Waals surface area contributed by atoms with Crippen LogP contribution < -0.4 is 21.3 Å². The highest BCUT2D eigenvalue weighted by molar-refractivity contribution is 5.74. The number of amides is 4. The van der Waals surface area contributed by atoms with Crippen molar-refractivity contribution >= 4 is 23.6 Å². The minimum Gasteiger partial charge on any atom is -0.394 e. The quantitative estimate of drug-likeness (QED) is 0.0273. The molecule has 0 spiro atoms. The molecule has 12 heterocycles. The van der Waals surface area contributed by atoms with E-state index < -0.39 is 471 Å². The number of rotatable bonds is 38. The average molecular weight is 2130 g/mol. The molecule has 0 saturated carbocycles. The number of aliphatic hydroxyl groups is 34. The molecule has 0 aliphatic carbocycles. The summed E-state index contributed by atoms with van der Waals surface area (Å²) in [5, 5.41) is 391. The molecule has 0 unspecified atom stereocenters. The van der Waals surface area contributed by atoms with Crippen molar-refractivity contribution in [3.8, 4) is 0 Å². The Morgan fingerprint density at radius 3 is 0.703 bits per heavy atom. The fraction of sp³-hybridized carbons (Fsp3) is 0.950. The van der Waals surface area contributed by atoms with Gasteiger partial charge in [0.15, 0.2) is 75.5 Å². The second kappa shape index (κ2) is 52.2. The molecule has 0 aromatic heterocycles. The normalized spacial score (nSPS) is 50.1. The van der Waals surface area contributed by atoms with Crippen LogP contribution in [0.5, 0.6) is 0 Å². The molecular weight excluding hydrogens is 1990 g/mol. The lowest BCUT2D eigenvalue weighted by molar-refractivity contribution is -0.407. The van der Waals surface area contributed by atoms with Crippen molar-refractivity contribution in [1.82, 2.24) is 21.3 Å². The summed E-state index contributed by atoms with van der Waals surface area (Å²) < 4.78 is 138. The number of ether oxygens (including phenoxy) is 23. The zero-order valence-corrected chi connectivity index (χ0v) is 77.4. The third-order valence-corrected chi connectivity index (χ3v) is 26.7. The fourth-order valence-corrected chi connectivity index (χ4v) is 18.8. The molecule has 145 heavy (non-hydrogen) atoms. The highest BCUT2D eigenvalue weighted by atomic mass is 16.8. The van der Waals surface area contributed by atoms with Crippen LogP contribution in [-0.4, -0.2) is 645 Å². The standard InChI is InChI=1S/C80H134N4O61/c1-17(95)81-33-43(105)60(138-74-54(116)47(109)37(99)21(5-85)126-74)26(10-90)130-70(33)123-15-31-41(103)51(113)67(144-72-35(83-19(3)97)45(107)62(28(12-92)132-72)140-76-56(118)49(111)39(101)23(7-87)128-76)79(136-31)124-16-32-42(104)66(59(121)78(135-32)142-64-25(9-89)125-69(122)53(115)52(64)114)143-80-68(145-73-36(84-20(4)98)46(108)63(29(13-93)133-73)141-77-57(119)50(112)40(102)24(8-88)129-77)58(120)65(30(14-94)134-80)137-71-34(82-18(2)96)44(106)61(27(11-91)131-71)139-75-55(117)48(110)38(100)22(6-86)127-75/h21-80,85-94,99-122H,5-16H2,1-4H3,(H,81,95)(H,82,96)(H,83,97)(H,84,98)/t21-,22-,23-,24-,25-,26-,27-,28-,29-,30-,31-,32-,33-,34-,35-,36-,37+,38+,39+,40+,41-,42-,43-,44-,45-,46-,47+,48+,49+,50+,51+,52-,53-,54-,55-,56-,57-,58+,59+,60-,61-,62-,63-,64-,65-,66+,67+,68+,69-,70-,71+,72+,73+,74+,75+,76+,77+,78+,79+,80-/m1/s1. The Kier molecular flexibility index (Phi) is 42.9. The van der Waals surface area contributed by atoms with Crippen LogP contribution in [0.2, 0.25) is 0 Å². The van der Waals surface area contributed by atoms with Gasteiger partial charge in [-0.05, 0) is 0 Å². The summed E-state index contributed by atoms with van der Waals surface area (Å²) in [6, 6.07) is -8.19. The van der Waals surface area contributed by atoms with Gasteiger partial charge in [0.05, 0.1) is 79.3 Å². The SMILES string of the molecule is CC(=O)N[C@H]1[C@H](OC[C@H]2O[C@H](OC[C@H]3O[C@@H](O[C@H]4[C@H](O)[C@@H](O)[C@H](O)O[C@@H]4CO)[C@@H](O)[C@@H](O[C@H]4O[C@H](CO)[C@@H](O[C@@H]5O[C@H](CO)[C@@H](O[C@@H]6O[C@H](CO)[C@H](O)[C@H](O)[C@H]6O)[C@H](O)[C@H]5NC(C)=O)[C@H](O)[C@@H]4O[C@@H]4O[C@H](CO)[C@@H](O[C@@H]5O[C@H](CO)[C@H](O)[C@H](O)[C@H]5O)[C@H](O)[C@H]4NC(C)=O)[C@@H]3O)[C@@H](O[C@@H]3O[C@H](CO)[C@@H](O[C@@H]4O[C@H](CO)[C@H](O)[C@H](O)[C@H]4O)[C@H](O)[C@H]3NC(C)=O)[C@@H](O)[C@@H]2O)O[C@H](CO)[C@@H](O[C@@H]2O[C@H](CO)[C@H](O)[C@H](O)[C@H]2O)[C@@H]1O. The average Bonchev–Trinajstić information content (AvgIpc) is 0.750. The van der Waals surface area contributed by atoms with Gasteiger partial charge in [-0.1, -0.05) is 0 Å². The molecule has 12 aliphatic rings. The Hall–Kier alpha value is -4.40. The van der Waals surface area contributed by atoms with Gasteiger partial charge < -0.3 is 304 Å². The summed E-state index contributed by atoms with van der Waals surface area (Å²) in [5.74, 6) is -4.10. The maximum atomic E-state index is 13.4. The van der Waals surface area contributed by atoms with Crippen LogP contribution in [0, 0.1) is 0 Å². The molecule has 12 fully saturated rings. The molecule has 4 amide bonds. The van der Waals surface area contributed by atoms with E-state index in [0.29, 0.717) is 0 Å². The minimum absolute atomic E-state index is 0.856. The predicted molar refractivity (Wildman–Crippen MR) is 441 cm³/mol. The molecule has 12 rings (SSSR count). The van der Waals surface area contributed by atoms with Crippen molar-refractivity contribution in [3.63, 3.8) is 0 Å². The van der Waals surface area contributed by atoms with E-state index >= 15 is 0 Å². The van der Waals surface area contributed by atoms with Crippen LogP contribution >= 0.6 is 0 Å². The lowest BCUT2D eigenvalue weighted by atomic mass is 9.93. The number of carbonyl (C=O) groups is 4. The summed E-state index contributed by atoms with van der Waals surface area (Å²) >= 11 is 0. The Balaban J connectivity index is 0.918. The molecule has 0 aromatic carbocycles. The molecule has 12 aliphatic heterocycles. The lowest BCUT2D eigenvalue weighted by Gasteiger charge is -2.52. The van der Waals surface area contributed by atoms with E-state index in [4.69, 9.17) is 109 Å². The van der Waals surface area contributed by atoms with Gasteiger partial charge >= 0.3 is 0 Å². The van der Waals surface area contributed by atoms with Crippen LogP contribution in [0.1, 0.15) is 27.7 Å². The molecule has 0 radical (unpaired) electrons. The van der Waals surface area contributed by atoms with Crippen molar-refractivity contribution in [2.24, 2.45) is 0 Å². The Labute approximate surface area is 819 Å². The van der Waals surface area contributed by atoms with Gasteiger partial charge in [0, 0.05) is 27.7 Å². The number of hydrogen-bond acceptors (Lipinski definition) is 61. The van der Waals surface area contributed by atoms with E-state index in [2.05, 4.69) is 21.3 Å². The van der Waals surface area contributed by atoms with E-state index in [1.807, 2.05) is 0 Å². The van der Waals surface area contributed by atoms with Gasteiger partial charge in [-0.25, -0.2) is 0 Å². The van der Waals surface area contributed by atoms with E-state index in [1.54, 1.807) is 0 Å². The van der Waals surface area contributed by atoms with Gasteiger partial charge in [0.25, 0.3) is 0 Å². The van der Waals surface area contributed by atoms with Gasteiger partial charge in [0.2, 0.25) is 23.6 Å². The Morgan fingerprint density at radius 2 is 0.386 bits per heavy atom. The molecule has 65 nitrogen and oxygen atoms in total. The summed E-state index contributed by atoms with van der Waals surface area (Å²) in [6.07, 6.45) is -123. The zero-order chi connectivity index (χ0) is 107. The Morgan fingerprint density at radius 1 is 0.179 bits per heavy atom. The summed E-state index contributed by atoms with van der Waals surface area (Å²) in [7, 11) is 0. The third kappa shape index (κ3) is 26.2. The highest BCUT2D eigenvalue weighted by Gasteiger charge is 2.64. The van der Waals surface area contributed by atoms with Gasteiger partial charge in [-0.15, -0.1) is 0 Å². The topological polar surface area (TPSA) is 1020 Å². The maximum absolute atomic E-state index is 13.4. The van der Waals surface area contributed by atoms with Crippen LogP contribution in [0.15, 0.2) is 0 Å². The van der Waals surface area contributed by atoms with Crippen molar-refractivity contribution in [2.45, 2.75) is 396 Å². The predicted octanol–water partition coefficient (Wildman–Crippen LogP) is -26.6.